The second-order valence-electron chi connectivity index (χ2n) is 5.07. The highest BCUT2D eigenvalue weighted by atomic mass is 16.5. The average molecular weight is 286 g/mol. The van der Waals surface area contributed by atoms with Crippen LogP contribution in [0.5, 0.6) is 0 Å². The molecule has 1 aromatic heterocycles. The molecule has 1 aliphatic rings. The molecule has 2 aromatic rings. The minimum Gasteiger partial charge on any atom is -0.465 e. The van der Waals surface area contributed by atoms with Gasteiger partial charge in [-0.15, -0.1) is 0 Å². The van der Waals surface area contributed by atoms with Gasteiger partial charge >= 0.3 is 5.97 Å². The summed E-state index contributed by atoms with van der Waals surface area (Å²) in [4.78, 5) is 15.9. The predicted molar refractivity (Wildman–Crippen MR) is 78.1 cm³/mol. The lowest BCUT2D eigenvalue weighted by atomic mass is 10.1. The van der Waals surface area contributed by atoms with Gasteiger partial charge in [0.25, 0.3) is 0 Å². The molecular formula is C16H18N2O3. The van der Waals surface area contributed by atoms with E-state index in [2.05, 4.69) is 9.55 Å². The number of benzene rings is 1. The van der Waals surface area contributed by atoms with Crippen LogP contribution >= 0.6 is 0 Å². The van der Waals surface area contributed by atoms with E-state index in [9.17, 15) is 4.79 Å². The van der Waals surface area contributed by atoms with Gasteiger partial charge in [-0.05, 0) is 25.0 Å². The van der Waals surface area contributed by atoms with Crippen LogP contribution in [0.25, 0.3) is 11.4 Å². The maximum atomic E-state index is 11.5. The highest BCUT2D eigenvalue weighted by Gasteiger charge is 2.19. The van der Waals surface area contributed by atoms with Gasteiger partial charge in [-0.1, -0.05) is 12.1 Å². The van der Waals surface area contributed by atoms with Gasteiger partial charge in [0.2, 0.25) is 0 Å². The molecule has 5 heteroatoms. The summed E-state index contributed by atoms with van der Waals surface area (Å²) in [5.74, 6) is 0.604. The van der Waals surface area contributed by atoms with Crippen LogP contribution in [0.2, 0.25) is 0 Å². The summed E-state index contributed by atoms with van der Waals surface area (Å²) >= 11 is 0. The first-order chi connectivity index (χ1) is 10.3. The molecule has 1 saturated heterocycles. The maximum absolute atomic E-state index is 11.5. The molecule has 0 radical (unpaired) electrons. The van der Waals surface area contributed by atoms with Crippen molar-refractivity contribution >= 4 is 5.97 Å². The first-order valence-electron chi connectivity index (χ1n) is 7.09. The van der Waals surface area contributed by atoms with Gasteiger partial charge in [0, 0.05) is 37.2 Å². The molecule has 1 fully saturated rings. The molecule has 0 aliphatic carbocycles. The van der Waals surface area contributed by atoms with Gasteiger partial charge in [0.15, 0.2) is 0 Å². The van der Waals surface area contributed by atoms with Crippen molar-refractivity contribution in [2.24, 2.45) is 0 Å². The minimum absolute atomic E-state index is 0.325. The van der Waals surface area contributed by atoms with Gasteiger partial charge < -0.3 is 14.0 Å². The fourth-order valence-electron chi connectivity index (χ4n) is 2.67. The van der Waals surface area contributed by atoms with Gasteiger partial charge in [-0.25, -0.2) is 9.78 Å². The molecule has 0 atom stereocenters. The molecule has 21 heavy (non-hydrogen) atoms. The molecule has 0 N–H and O–H groups in total. The summed E-state index contributed by atoms with van der Waals surface area (Å²) in [6.45, 7) is 1.59. The molecule has 0 saturated carbocycles. The van der Waals surface area contributed by atoms with Crippen molar-refractivity contribution in [2.75, 3.05) is 20.3 Å². The Labute approximate surface area is 123 Å². The van der Waals surface area contributed by atoms with E-state index in [1.165, 1.54) is 7.11 Å². The number of hydrogen-bond acceptors (Lipinski definition) is 4. The topological polar surface area (TPSA) is 53.3 Å². The summed E-state index contributed by atoms with van der Waals surface area (Å²) in [6, 6.07) is 7.78. The molecule has 0 spiro atoms. The zero-order chi connectivity index (χ0) is 14.7. The number of carbonyl (C=O) groups is 1. The molecule has 110 valence electrons. The molecule has 0 bridgehead atoms. The third-order valence-corrected chi connectivity index (χ3v) is 3.82. The van der Waals surface area contributed by atoms with Crippen LogP contribution < -0.4 is 0 Å². The van der Waals surface area contributed by atoms with Crippen LogP contribution in [0, 0.1) is 0 Å². The van der Waals surface area contributed by atoms with Gasteiger partial charge in [-0.2, -0.15) is 0 Å². The summed E-state index contributed by atoms with van der Waals surface area (Å²) < 4.78 is 12.3. The van der Waals surface area contributed by atoms with E-state index in [1.807, 2.05) is 24.5 Å². The van der Waals surface area contributed by atoms with Crippen molar-refractivity contribution in [3.05, 3.63) is 42.2 Å². The molecule has 0 amide bonds. The Morgan fingerprint density at radius 2 is 2.00 bits per heavy atom. The van der Waals surface area contributed by atoms with E-state index >= 15 is 0 Å². The van der Waals surface area contributed by atoms with E-state index in [1.54, 1.807) is 12.1 Å². The van der Waals surface area contributed by atoms with Crippen LogP contribution in [0.3, 0.4) is 0 Å². The number of hydrogen-bond donors (Lipinski definition) is 0. The van der Waals surface area contributed by atoms with Crippen LogP contribution in [0.4, 0.5) is 0 Å². The molecule has 5 nitrogen and oxygen atoms in total. The third-order valence-electron chi connectivity index (χ3n) is 3.82. The number of esters is 1. The van der Waals surface area contributed by atoms with Crippen molar-refractivity contribution in [3.8, 4) is 11.4 Å². The molecule has 1 aromatic carbocycles. The van der Waals surface area contributed by atoms with Crippen LogP contribution in [0.15, 0.2) is 36.7 Å². The Morgan fingerprint density at radius 1 is 1.29 bits per heavy atom. The van der Waals surface area contributed by atoms with E-state index in [-0.39, 0.29) is 5.97 Å². The SMILES string of the molecule is COC(=O)c1ccc(-c2nccn2C2CCOCC2)cc1. The average Bonchev–Trinajstić information content (AvgIpc) is 3.04. The van der Waals surface area contributed by atoms with Crippen molar-refractivity contribution in [2.45, 2.75) is 18.9 Å². The Bertz CT molecular complexity index is 613. The summed E-state index contributed by atoms with van der Waals surface area (Å²) in [5.41, 5.74) is 1.55. The number of ether oxygens (including phenoxy) is 2. The van der Waals surface area contributed by atoms with E-state index in [0.29, 0.717) is 11.6 Å². The highest BCUT2D eigenvalue weighted by molar-refractivity contribution is 5.89. The Kier molecular flexibility index (Phi) is 4.01. The lowest BCUT2D eigenvalue weighted by Gasteiger charge is -2.25. The fourth-order valence-corrected chi connectivity index (χ4v) is 2.67. The second-order valence-corrected chi connectivity index (χ2v) is 5.07. The van der Waals surface area contributed by atoms with E-state index in [0.717, 1.165) is 37.4 Å². The van der Waals surface area contributed by atoms with Crippen LogP contribution in [0.1, 0.15) is 29.2 Å². The van der Waals surface area contributed by atoms with Crippen molar-refractivity contribution in [1.29, 1.82) is 0 Å². The van der Waals surface area contributed by atoms with Crippen LogP contribution in [-0.2, 0) is 9.47 Å². The number of nitrogens with zero attached hydrogens (tertiary/aromatic N) is 2. The smallest absolute Gasteiger partial charge is 0.337 e. The lowest BCUT2D eigenvalue weighted by molar-refractivity contribution is 0.0600. The van der Waals surface area contributed by atoms with Crippen molar-refractivity contribution in [1.82, 2.24) is 9.55 Å². The van der Waals surface area contributed by atoms with Crippen molar-refractivity contribution in [3.63, 3.8) is 0 Å². The van der Waals surface area contributed by atoms with E-state index in [4.69, 9.17) is 9.47 Å². The molecule has 0 unspecified atom stereocenters. The molecule has 3 rings (SSSR count). The zero-order valence-corrected chi connectivity index (χ0v) is 12.0. The Balaban J connectivity index is 1.87. The quantitative estimate of drug-likeness (QED) is 0.814. The zero-order valence-electron chi connectivity index (χ0n) is 12.0. The second kappa shape index (κ2) is 6.10. The van der Waals surface area contributed by atoms with E-state index < -0.39 is 0 Å². The summed E-state index contributed by atoms with van der Waals surface area (Å²) in [5, 5.41) is 0. The standard InChI is InChI=1S/C16H18N2O3/c1-20-16(19)13-4-2-12(3-5-13)15-17-8-9-18(15)14-6-10-21-11-7-14/h2-5,8-9,14H,6-7,10-11H2,1H3. The fraction of sp³-hybridized carbons (Fsp3) is 0.375. The third kappa shape index (κ3) is 2.83. The number of imidazole rings is 1. The Hall–Kier alpha value is -2.14. The predicted octanol–water partition coefficient (Wildman–Crippen LogP) is 2.69. The number of rotatable bonds is 3. The summed E-state index contributed by atoms with van der Waals surface area (Å²) in [6.07, 6.45) is 5.84. The Morgan fingerprint density at radius 3 is 2.67 bits per heavy atom. The maximum Gasteiger partial charge on any atom is 0.337 e. The molecular weight excluding hydrogens is 268 g/mol. The number of carbonyl (C=O) groups excluding carboxylic acids is 1. The molecule has 2 heterocycles. The normalized spacial score (nSPS) is 15.9. The highest BCUT2D eigenvalue weighted by Crippen LogP contribution is 2.27. The van der Waals surface area contributed by atoms with Gasteiger partial charge in [-0.3, -0.25) is 0 Å². The largest absolute Gasteiger partial charge is 0.465 e. The lowest BCUT2D eigenvalue weighted by Crippen LogP contribution is -2.19. The van der Waals surface area contributed by atoms with Crippen LogP contribution in [-0.4, -0.2) is 35.8 Å². The van der Waals surface area contributed by atoms with Gasteiger partial charge in [0.05, 0.1) is 12.7 Å². The first-order valence-corrected chi connectivity index (χ1v) is 7.09. The molecule has 1 aliphatic heterocycles. The minimum atomic E-state index is -0.325. The summed E-state index contributed by atoms with van der Waals surface area (Å²) in [7, 11) is 1.38. The first kappa shape index (κ1) is 13.8. The van der Waals surface area contributed by atoms with Crippen molar-refractivity contribution < 1.29 is 14.3 Å². The monoisotopic (exact) mass is 286 g/mol. The van der Waals surface area contributed by atoms with Gasteiger partial charge in [0.1, 0.15) is 5.82 Å². The number of methoxy groups -OCH3 is 1. The number of aromatic nitrogens is 2.